The minimum Gasteiger partial charge on any atom is -0.370 e. The van der Waals surface area contributed by atoms with Crippen molar-refractivity contribution >= 4 is 81.8 Å². The fourth-order valence-electron chi connectivity index (χ4n) is 8.35. The van der Waals surface area contributed by atoms with Crippen molar-refractivity contribution in [2.45, 2.75) is 141 Å². The SMILES string of the molecule is CC[C@H](C)[C@H](NC(=O)[C@H](Cc1ccccc1)NC(=O)[C@H](CCSC)NC(=O)[C@H](Cc1c[nH]c2ccccc12)NC(=O)[C@H](CCCCN)NC(=O)[C@H](CCCN=C(N)N)NC(=O)[C@H](C)NC(=O)[C@@H](C)CCCN=C(N)N)C(N)=O. The van der Waals surface area contributed by atoms with Gasteiger partial charge in [-0.3, -0.25) is 48.3 Å². The summed E-state index contributed by atoms with van der Waals surface area (Å²) < 4.78 is 0. The van der Waals surface area contributed by atoms with E-state index in [0.29, 0.717) is 55.5 Å². The maximum Gasteiger partial charge on any atom is 0.243 e. The van der Waals surface area contributed by atoms with Gasteiger partial charge in [0.25, 0.3) is 0 Å². The van der Waals surface area contributed by atoms with Crippen molar-refractivity contribution in [3.63, 3.8) is 0 Å². The number of nitrogens with two attached hydrogens (primary N) is 6. The van der Waals surface area contributed by atoms with Crippen LogP contribution in [-0.4, -0.2) is 138 Å². The number of nitrogens with one attached hydrogen (secondary N) is 8. The van der Waals surface area contributed by atoms with E-state index in [2.05, 4.69) is 52.2 Å². The predicted molar refractivity (Wildman–Crippen MR) is 305 cm³/mol. The van der Waals surface area contributed by atoms with Gasteiger partial charge in [0.15, 0.2) is 11.9 Å². The molecule has 1 aromatic heterocycles. The molecule has 0 unspecified atom stereocenters. The highest BCUT2D eigenvalue weighted by Gasteiger charge is 2.35. The van der Waals surface area contributed by atoms with Crippen molar-refractivity contribution in [3.05, 3.63) is 71.9 Å². The number of thioether (sulfide) groups is 1. The first-order valence-electron chi connectivity index (χ1n) is 26.5. The van der Waals surface area contributed by atoms with Crippen molar-refractivity contribution in [2.24, 2.45) is 56.2 Å². The summed E-state index contributed by atoms with van der Waals surface area (Å²) in [6, 6.07) is 8.04. The molecule has 24 nitrogen and oxygen atoms in total. The summed E-state index contributed by atoms with van der Waals surface area (Å²) in [5.41, 5.74) is 35.6. The fraction of sp³-hybridized carbons (Fsp3) is 0.547. The molecule has 0 saturated heterocycles. The van der Waals surface area contributed by atoms with E-state index < -0.39 is 95.5 Å². The largest absolute Gasteiger partial charge is 0.370 e. The third kappa shape index (κ3) is 22.7. The second kappa shape index (κ2) is 34.4. The standard InChI is InChI=1S/C53H84N16O8S/c1-6-31(2)43(44(55)70)69-51(77)41(28-34-17-8-7-9-18-34)67-49(75)40(23-27-78-5)66-50(76)42(29-35-30-62-37-20-11-10-19-36(35)37)68-48(74)38(21-12-13-24-54)65-47(73)39(22-15-26-61-53(58)59)64-46(72)33(4)63-45(71)32(3)16-14-25-60-52(56)57/h7-11,17-20,30-33,38-43,62H,6,12-16,21-29,54H2,1-5H3,(H2,55,70)(H,63,71)(H,64,72)(H,65,73)(H,66,76)(H,67,75)(H,68,74)(H,69,77)(H4,56,57,60)(H4,58,59,61)/t31-,32-,33-,38-,39-,40-,41-,42-,43-/m0/s1. The zero-order valence-electron chi connectivity index (χ0n) is 45.6. The molecule has 78 heavy (non-hydrogen) atoms. The lowest BCUT2D eigenvalue weighted by Crippen LogP contribution is -2.60. The first kappa shape index (κ1) is 64.9. The third-order valence-electron chi connectivity index (χ3n) is 13.2. The Labute approximate surface area is 461 Å². The molecule has 1 heterocycles. The highest BCUT2D eigenvalue weighted by atomic mass is 32.2. The quantitative estimate of drug-likeness (QED) is 0.0199. The molecule has 0 bridgehead atoms. The highest BCUT2D eigenvalue weighted by molar-refractivity contribution is 7.98. The van der Waals surface area contributed by atoms with E-state index in [1.54, 1.807) is 44.3 Å². The van der Waals surface area contributed by atoms with Gasteiger partial charge >= 0.3 is 0 Å². The minimum absolute atomic E-state index is 0.0237. The number of aromatic amines is 1. The third-order valence-corrected chi connectivity index (χ3v) is 13.8. The van der Waals surface area contributed by atoms with Crippen LogP contribution in [-0.2, 0) is 51.2 Å². The summed E-state index contributed by atoms with van der Waals surface area (Å²) in [5.74, 6) is -5.96. The van der Waals surface area contributed by atoms with E-state index in [0.717, 1.165) is 10.9 Å². The number of carbonyl (C=O) groups is 8. The van der Waals surface area contributed by atoms with Crippen LogP contribution in [0.1, 0.15) is 96.6 Å². The number of nitrogens with zero attached hydrogens (tertiary/aromatic N) is 2. The second-order valence-corrected chi connectivity index (χ2v) is 20.4. The lowest BCUT2D eigenvalue weighted by atomic mass is 9.97. The van der Waals surface area contributed by atoms with E-state index >= 15 is 0 Å². The number of carbonyl (C=O) groups excluding carboxylic acids is 8. The number of benzene rings is 2. The number of amides is 8. The van der Waals surface area contributed by atoms with Crippen LogP contribution in [0.15, 0.2) is 70.8 Å². The second-order valence-electron chi connectivity index (χ2n) is 19.4. The maximum absolute atomic E-state index is 14.8. The summed E-state index contributed by atoms with van der Waals surface area (Å²) in [6.45, 7) is 7.53. The molecule has 3 rings (SSSR count). The van der Waals surface area contributed by atoms with Gasteiger partial charge in [0.2, 0.25) is 47.3 Å². The van der Waals surface area contributed by atoms with Gasteiger partial charge in [-0.05, 0) is 100.0 Å². The molecular formula is C53H84N16O8S. The number of aromatic nitrogens is 1. The lowest BCUT2D eigenvalue weighted by Gasteiger charge is -2.28. The van der Waals surface area contributed by atoms with Gasteiger partial charge in [0.1, 0.15) is 42.3 Å². The number of rotatable bonds is 36. The monoisotopic (exact) mass is 1100 g/mol. The summed E-state index contributed by atoms with van der Waals surface area (Å²) in [7, 11) is 0. The molecule has 0 aliphatic heterocycles. The van der Waals surface area contributed by atoms with Crippen LogP contribution in [0, 0.1) is 11.8 Å². The average Bonchev–Trinajstić information content (AvgIpc) is 3.83. The Hall–Kier alpha value is -7.41. The van der Waals surface area contributed by atoms with E-state index in [1.807, 2.05) is 43.5 Å². The van der Waals surface area contributed by atoms with Gasteiger partial charge in [-0.25, -0.2) is 0 Å². The van der Waals surface area contributed by atoms with E-state index in [4.69, 9.17) is 34.4 Å². The smallest absolute Gasteiger partial charge is 0.243 e. The predicted octanol–water partition coefficient (Wildman–Crippen LogP) is -0.477. The molecule has 0 saturated carbocycles. The first-order chi connectivity index (χ1) is 37.2. The van der Waals surface area contributed by atoms with E-state index in [-0.39, 0.29) is 69.5 Å². The van der Waals surface area contributed by atoms with Crippen molar-refractivity contribution in [2.75, 3.05) is 31.6 Å². The van der Waals surface area contributed by atoms with Crippen molar-refractivity contribution < 1.29 is 38.4 Å². The van der Waals surface area contributed by atoms with Crippen LogP contribution in [0.25, 0.3) is 10.9 Å². The van der Waals surface area contributed by atoms with Crippen LogP contribution in [0.5, 0.6) is 0 Å². The van der Waals surface area contributed by atoms with Crippen molar-refractivity contribution in [1.82, 2.24) is 42.2 Å². The van der Waals surface area contributed by atoms with Crippen molar-refractivity contribution in [1.29, 1.82) is 0 Å². The summed E-state index contributed by atoms with van der Waals surface area (Å²) >= 11 is 1.43. The average molecular weight is 1110 g/mol. The van der Waals surface area contributed by atoms with E-state index in [9.17, 15) is 38.4 Å². The number of unbranched alkanes of at least 4 members (excludes halogenated alkanes) is 1. The van der Waals surface area contributed by atoms with Gasteiger partial charge in [0.05, 0.1) is 0 Å². The number of aliphatic imine (C=N–C) groups is 2. The molecule has 430 valence electrons. The molecule has 8 amide bonds. The Morgan fingerprint density at radius 1 is 0.564 bits per heavy atom. The number of guanidine groups is 2. The zero-order chi connectivity index (χ0) is 57.7. The number of hydrogen-bond donors (Lipinski definition) is 14. The van der Waals surface area contributed by atoms with Gasteiger partial charge in [-0.2, -0.15) is 11.8 Å². The van der Waals surface area contributed by atoms with Gasteiger partial charge in [-0.15, -0.1) is 0 Å². The molecular weight excluding hydrogens is 1020 g/mol. The Bertz CT molecular complexity index is 2480. The molecule has 0 aliphatic rings. The summed E-state index contributed by atoms with van der Waals surface area (Å²) in [4.78, 5) is 122. The molecule has 0 spiro atoms. The van der Waals surface area contributed by atoms with Crippen LogP contribution in [0.4, 0.5) is 0 Å². The molecule has 3 aromatic rings. The normalized spacial score (nSPS) is 14.5. The first-order valence-corrected chi connectivity index (χ1v) is 27.9. The molecule has 0 fully saturated rings. The van der Waals surface area contributed by atoms with Gasteiger partial charge < -0.3 is 76.6 Å². The molecule has 20 N–H and O–H groups in total. The van der Waals surface area contributed by atoms with Crippen LogP contribution in [0.3, 0.4) is 0 Å². The van der Waals surface area contributed by atoms with Crippen LogP contribution in [0.2, 0.25) is 0 Å². The maximum atomic E-state index is 14.8. The van der Waals surface area contributed by atoms with Gasteiger partial charge in [-0.1, -0.05) is 75.7 Å². The van der Waals surface area contributed by atoms with Crippen molar-refractivity contribution in [3.8, 4) is 0 Å². The number of primary amides is 1. The number of hydrogen-bond acceptors (Lipinski definition) is 12. The topological polar surface area (TPSA) is 417 Å². The Morgan fingerprint density at radius 2 is 1.06 bits per heavy atom. The molecule has 25 heteroatoms. The van der Waals surface area contributed by atoms with Gasteiger partial charge in [0, 0.05) is 48.9 Å². The number of fused-ring (bicyclic) bond motifs is 1. The fourth-order valence-corrected chi connectivity index (χ4v) is 8.83. The Morgan fingerprint density at radius 3 is 1.63 bits per heavy atom. The lowest BCUT2D eigenvalue weighted by molar-refractivity contribution is -0.136. The highest BCUT2D eigenvalue weighted by Crippen LogP contribution is 2.20. The minimum atomic E-state index is -1.33. The Kier molecular flexibility index (Phi) is 28.6. The number of H-pyrrole nitrogens is 1. The summed E-state index contributed by atoms with van der Waals surface area (Å²) in [5, 5.41) is 20.2. The molecule has 9 atom stereocenters. The van der Waals surface area contributed by atoms with Crippen LogP contribution >= 0.6 is 11.8 Å². The number of para-hydroxylation sites is 1. The molecule has 0 aliphatic carbocycles. The molecule has 2 aromatic carbocycles. The molecule has 0 radical (unpaired) electrons. The Balaban J connectivity index is 1.97. The van der Waals surface area contributed by atoms with Crippen LogP contribution < -0.4 is 71.6 Å². The summed E-state index contributed by atoms with van der Waals surface area (Å²) in [6.07, 6.45) is 6.36. The van der Waals surface area contributed by atoms with E-state index in [1.165, 1.54) is 18.7 Å². The zero-order valence-corrected chi connectivity index (χ0v) is 46.4.